The Labute approximate surface area is 255 Å². The lowest BCUT2D eigenvalue weighted by atomic mass is 9.74. The van der Waals surface area contributed by atoms with Crippen LogP contribution in [0.4, 0.5) is 13.2 Å². The van der Waals surface area contributed by atoms with E-state index in [9.17, 15) is 32.6 Å². The standard InChI is InChI=1S/C30H41BF3N5O5/c1-29(2)22-5-3-4-20(27(22)31(43)44-29)18-25(40)24(12-8-19-6-9-21(10-7-19)30(32,33)34)38-28(42)23(37)11-13-26(41)39(16-14-35)17-15-36/h3-7,9-10,23-24,43H,8,11-18,35-37H2,1-2H3,(H,38,42)/t23-,24+/m0/s1. The van der Waals surface area contributed by atoms with Gasteiger partial charge < -0.3 is 37.1 Å². The van der Waals surface area contributed by atoms with Crippen LogP contribution in [0.2, 0.25) is 0 Å². The average Bonchev–Trinajstić information content (AvgIpc) is 3.21. The van der Waals surface area contributed by atoms with E-state index in [1.807, 2.05) is 6.07 Å². The summed E-state index contributed by atoms with van der Waals surface area (Å²) in [5.41, 5.74) is 18.0. The van der Waals surface area contributed by atoms with Gasteiger partial charge in [0.2, 0.25) is 11.8 Å². The monoisotopic (exact) mass is 619 g/mol. The third kappa shape index (κ3) is 9.11. The first-order chi connectivity index (χ1) is 20.7. The number of aryl methyl sites for hydroxylation is 1. The largest absolute Gasteiger partial charge is 0.492 e. The van der Waals surface area contributed by atoms with Gasteiger partial charge in [-0.05, 0) is 67.4 Å². The Bertz CT molecular complexity index is 1300. The lowest BCUT2D eigenvalue weighted by Crippen LogP contribution is -2.49. The van der Waals surface area contributed by atoms with Gasteiger partial charge in [-0.3, -0.25) is 14.4 Å². The van der Waals surface area contributed by atoms with Gasteiger partial charge in [-0.25, -0.2) is 0 Å². The van der Waals surface area contributed by atoms with Crippen LogP contribution < -0.4 is 28.0 Å². The van der Waals surface area contributed by atoms with Crippen molar-refractivity contribution in [2.24, 2.45) is 17.2 Å². The number of alkyl halides is 3. The number of carbonyl (C=O) groups is 3. The number of hydrogen-bond acceptors (Lipinski definition) is 8. The lowest BCUT2D eigenvalue weighted by Gasteiger charge is -2.23. The van der Waals surface area contributed by atoms with Crippen LogP contribution in [0.5, 0.6) is 0 Å². The van der Waals surface area contributed by atoms with Gasteiger partial charge in [-0.15, -0.1) is 0 Å². The fourth-order valence-corrected chi connectivity index (χ4v) is 5.30. The van der Waals surface area contributed by atoms with E-state index in [2.05, 4.69) is 5.32 Å². The maximum atomic E-state index is 13.6. The van der Waals surface area contributed by atoms with Crippen molar-refractivity contribution >= 4 is 30.2 Å². The number of amides is 2. The van der Waals surface area contributed by atoms with Crippen LogP contribution in [-0.4, -0.2) is 72.9 Å². The quantitative estimate of drug-likeness (QED) is 0.182. The third-order valence-electron chi connectivity index (χ3n) is 7.73. The van der Waals surface area contributed by atoms with Gasteiger partial charge in [0.1, 0.15) is 0 Å². The van der Waals surface area contributed by atoms with E-state index >= 15 is 0 Å². The molecular weight excluding hydrogens is 578 g/mol. The Morgan fingerprint density at radius 2 is 1.68 bits per heavy atom. The van der Waals surface area contributed by atoms with E-state index in [-0.39, 0.29) is 56.9 Å². The molecule has 2 aromatic rings. The summed E-state index contributed by atoms with van der Waals surface area (Å²) in [4.78, 5) is 40.8. The minimum absolute atomic E-state index is 0.0148. The van der Waals surface area contributed by atoms with E-state index in [4.69, 9.17) is 21.9 Å². The molecule has 0 spiro atoms. The fraction of sp³-hybridized carbons (Fsp3) is 0.500. The molecule has 0 saturated heterocycles. The summed E-state index contributed by atoms with van der Waals surface area (Å²) in [5, 5.41) is 13.3. The molecule has 44 heavy (non-hydrogen) atoms. The zero-order valence-electron chi connectivity index (χ0n) is 25.0. The molecule has 2 amide bonds. The minimum atomic E-state index is -4.48. The van der Waals surface area contributed by atoms with E-state index in [0.717, 1.165) is 17.7 Å². The van der Waals surface area contributed by atoms with Gasteiger partial charge in [0.15, 0.2) is 5.78 Å². The van der Waals surface area contributed by atoms with Gasteiger partial charge in [0, 0.05) is 39.0 Å². The molecule has 2 atom stereocenters. The molecule has 10 nitrogen and oxygen atoms in total. The second kappa shape index (κ2) is 15.1. The SMILES string of the molecule is CC1(C)OB(O)c2c(CC(=O)[C@@H](CCc3ccc(C(F)(F)F)cc3)NC(=O)[C@@H](N)CCC(=O)N(CCN)CCN)cccc21. The number of Topliss-reactive ketones (excluding diaryl/α,β-unsaturated/α-hetero) is 1. The molecule has 14 heteroatoms. The normalized spacial score (nSPS) is 15.4. The topological polar surface area (TPSA) is 174 Å². The highest BCUT2D eigenvalue weighted by atomic mass is 19.4. The van der Waals surface area contributed by atoms with Crippen LogP contribution in [0.3, 0.4) is 0 Å². The van der Waals surface area contributed by atoms with Gasteiger partial charge in [0.05, 0.1) is 23.2 Å². The number of rotatable bonds is 15. The Morgan fingerprint density at radius 3 is 2.27 bits per heavy atom. The van der Waals surface area contributed by atoms with Crippen molar-refractivity contribution in [1.82, 2.24) is 10.2 Å². The highest BCUT2D eigenvalue weighted by molar-refractivity contribution is 6.62. The minimum Gasteiger partial charge on any atom is -0.423 e. The molecule has 0 bridgehead atoms. The van der Waals surface area contributed by atoms with E-state index < -0.39 is 42.5 Å². The molecule has 0 radical (unpaired) electrons. The van der Waals surface area contributed by atoms with E-state index in [0.29, 0.717) is 29.7 Å². The highest BCUT2D eigenvalue weighted by Crippen LogP contribution is 2.31. The number of nitrogens with zero attached hydrogens (tertiary/aromatic N) is 1. The van der Waals surface area contributed by atoms with E-state index in [1.165, 1.54) is 17.0 Å². The second-order valence-corrected chi connectivity index (χ2v) is 11.4. The summed E-state index contributed by atoms with van der Waals surface area (Å²) in [6, 6.07) is 7.72. The molecule has 0 aromatic heterocycles. The smallest absolute Gasteiger partial charge is 0.423 e. The number of benzene rings is 2. The number of nitrogens with one attached hydrogen (secondary N) is 1. The molecule has 0 aliphatic carbocycles. The molecule has 0 unspecified atom stereocenters. The highest BCUT2D eigenvalue weighted by Gasteiger charge is 2.42. The van der Waals surface area contributed by atoms with Crippen LogP contribution in [0.15, 0.2) is 42.5 Å². The summed E-state index contributed by atoms with van der Waals surface area (Å²) >= 11 is 0. The second-order valence-electron chi connectivity index (χ2n) is 11.4. The van der Waals surface area contributed by atoms with Crippen molar-refractivity contribution in [1.29, 1.82) is 0 Å². The van der Waals surface area contributed by atoms with Crippen molar-refractivity contribution in [3.63, 3.8) is 0 Å². The van der Waals surface area contributed by atoms with Crippen LogP contribution in [0.1, 0.15) is 55.4 Å². The van der Waals surface area contributed by atoms with Crippen LogP contribution >= 0.6 is 0 Å². The summed E-state index contributed by atoms with van der Waals surface area (Å²) in [6.07, 6.45) is -4.35. The van der Waals surface area contributed by atoms with E-state index in [1.54, 1.807) is 26.0 Å². The molecule has 8 N–H and O–H groups in total. The number of fused-ring (bicyclic) bond motifs is 1. The van der Waals surface area contributed by atoms with Gasteiger partial charge >= 0.3 is 13.3 Å². The average molecular weight is 619 g/mol. The molecule has 1 aliphatic heterocycles. The first kappa shape index (κ1) is 35.2. The molecule has 240 valence electrons. The first-order valence-corrected chi connectivity index (χ1v) is 14.6. The summed E-state index contributed by atoms with van der Waals surface area (Å²) in [5.74, 6) is -1.27. The van der Waals surface area contributed by atoms with Crippen molar-refractivity contribution in [2.75, 3.05) is 26.2 Å². The number of carbonyl (C=O) groups excluding carboxylic acids is 3. The van der Waals surface area contributed by atoms with Crippen LogP contribution in [0, 0.1) is 0 Å². The number of halogens is 3. The number of nitrogens with two attached hydrogens (primary N) is 3. The number of hydrogen-bond donors (Lipinski definition) is 5. The molecule has 1 heterocycles. The Morgan fingerprint density at radius 1 is 1.05 bits per heavy atom. The summed E-state index contributed by atoms with van der Waals surface area (Å²) in [7, 11) is -1.23. The first-order valence-electron chi connectivity index (χ1n) is 14.6. The van der Waals surface area contributed by atoms with Crippen molar-refractivity contribution in [3.05, 3.63) is 64.7 Å². The fourth-order valence-electron chi connectivity index (χ4n) is 5.30. The third-order valence-corrected chi connectivity index (χ3v) is 7.73. The van der Waals surface area contributed by atoms with Gasteiger partial charge in [-0.1, -0.05) is 30.3 Å². The van der Waals surface area contributed by atoms with Crippen LogP contribution in [-0.2, 0) is 43.7 Å². The Kier molecular flexibility index (Phi) is 12.1. The lowest BCUT2D eigenvalue weighted by molar-refractivity contribution is -0.137. The zero-order chi connectivity index (χ0) is 32.7. The summed E-state index contributed by atoms with van der Waals surface area (Å²) in [6.45, 7) is 4.76. The maximum Gasteiger partial charge on any atom is 0.492 e. The van der Waals surface area contributed by atoms with Crippen molar-refractivity contribution in [3.8, 4) is 0 Å². The molecule has 2 aromatic carbocycles. The Balaban J connectivity index is 1.75. The molecule has 0 fully saturated rings. The predicted octanol–water partition coefficient (Wildman–Crippen LogP) is 0.741. The predicted molar refractivity (Wildman–Crippen MR) is 160 cm³/mol. The molecular formula is C30H41BF3N5O5. The number of ketones is 1. The maximum absolute atomic E-state index is 13.6. The molecule has 3 rings (SSSR count). The summed E-state index contributed by atoms with van der Waals surface area (Å²) < 4.78 is 44.7. The molecule has 0 saturated carbocycles. The van der Waals surface area contributed by atoms with Crippen LogP contribution in [0.25, 0.3) is 0 Å². The van der Waals surface area contributed by atoms with Gasteiger partial charge in [-0.2, -0.15) is 13.2 Å². The van der Waals surface area contributed by atoms with Gasteiger partial charge in [0.25, 0.3) is 0 Å². The molecule has 1 aliphatic rings. The zero-order valence-corrected chi connectivity index (χ0v) is 25.0. The van der Waals surface area contributed by atoms with Crippen molar-refractivity contribution < 1.29 is 37.2 Å². The van der Waals surface area contributed by atoms with Crippen molar-refractivity contribution in [2.45, 2.75) is 69.8 Å². The Hall–Kier alpha value is -3.30.